The second-order valence-electron chi connectivity index (χ2n) is 4.48. The minimum atomic E-state index is -3.88. The van der Waals surface area contributed by atoms with E-state index in [4.69, 9.17) is 14.6 Å². The molecule has 0 aromatic heterocycles. The number of primary sulfonamides is 1. The van der Waals surface area contributed by atoms with Crippen molar-refractivity contribution in [2.24, 2.45) is 5.14 Å². The van der Waals surface area contributed by atoms with Crippen LogP contribution in [0.25, 0.3) is 0 Å². The van der Waals surface area contributed by atoms with Crippen molar-refractivity contribution in [1.29, 1.82) is 0 Å². The maximum Gasteiger partial charge on any atom is 0.341 e. The van der Waals surface area contributed by atoms with Crippen LogP contribution < -0.4 is 9.88 Å². The van der Waals surface area contributed by atoms with Crippen molar-refractivity contribution in [1.82, 2.24) is 0 Å². The van der Waals surface area contributed by atoms with Crippen molar-refractivity contribution >= 4 is 16.0 Å². The van der Waals surface area contributed by atoms with Crippen molar-refractivity contribution in [3.8, 4) is 5.75 Å². The molecular weight excluding hydrogens is 294 g/mol. The Morgan fingerprint density at radius 2 is 1.95 bits per heavy atom. The van der Waals surface area contributed by atoms with Crippen LogP contribution in [-0.2, 0) is 14.8 Å². The molecule has 0 fully saturated rings. The SMILES string of the molecule is CCCCCOC(=O)c1cc(S(N)(=O)=O)ccc1OCC. The number of sulfonamides is 1. The van der Waals surface area contributed by atoms with Gasteiger partial charge in [-0.1, -0.05) is 19.8 Å². The number of rotatable bonds is 8. The highest BCUT2D eigenvalue weighted by Crippen LogP contribution is 2.23. The molecule has 6 nitrogen and oxygen atoms in total. The number of hydrogen-bond donors (Lipinski definition) is 1. The lowest BCUT2D eigenvalue weighted by Gasteiger charge is -2.11. The van der Waals surface area contributed by atoms with E-state index >= 15 is 0 Å². The lowest BCUT2D eigenvalue weighted by Crippen LogP contribution is -2.15. The summed E-state index contributed by atoms with van der Waals surface area (Å²) in [5, 5.41) is 5.07. The highest BCUT2D eigenvalue weighted by Gasteiger charge is 2.18. The largest absolute Gasteiger partial charge is 0.493 e. The number of esters is 1. The molecule has 0 radical (unpaired) electrons. The fraction of sp³-hybridized carbons (Fsp3) is 0.500. The van der Waals surface area contributed by atoms with Crippen molar-refractivity contribution < 1.29 is 22.7 Å². The molecule has 0 aliphatic heterocycles. The van der Waals surface area contributed by atoms with Gasteiger partial charge >= 0.3 is 5.97 Å². The molecule has 0 atom stereocenters. The van der Waals surface area contributed by atoms with E-state index in [1.54, 1.807) is 6.92 Å². The molecule has 118 valence electrons. The molecule has 1 aromatic carbocycles. The van der Waals surface area contributed by atoms with Gasteiger partial charge in [0.15, 0.2) is 0 Å². The number of benzene rings is 1. The minimum Gasteiger partial charge on any atom is -0.493 e. The Labute approximate surface area is 125 Å². The zero-order valence-corrected chi connectivity index (χ0v) is 13.1. The van der Waals surface area contributed by atoms with Gasteiger partial charge in [-0.25, -0.2) is 18.4 Å². The molecule has 2 N–H and O–H groups in total. The molecule has 0 saturated carbocycles. The first-order valence-corrected chi connectivity index (χ1v) is 8.41. The normalized spacial score (nSPS) is 11.2. The molecule has 1 rings (SSSR count). The maximum absolute atomic E-state index is 12.0. The lowest BCUT2D eigenvalue weighted by molar-refractivity contribution is 0.0493. The Hall–Kier alpha value is -1.60. The Morgan fingerprint density at radius 1 is 1.24 bits per heavy atom. The van der Waals surface area contributed by atoms with Crippen molar-refractivity contribution in [3.05, 3.63) is 23.8 Å². The van der Waals surface area contributed by atoms with Crippen LogP contribution in [0.5, 0.6) is 5.75 Å². The molecular formula is C14H21NO5S. The van der Waals surface area contributed by atoms with E-state index in [1.165, 1.54) is 18.2 Å². The van der Waals surface area contributed by atoms with E-state index in [9.17, 15) is 13.2 Å². The molecule has 0 saturated heterocycles. The monoisotopic (exact) mass is 315 g/mol. The summed E-state index contributed by atoms with van der Waals surface area (Å²) in [6.45, 7) is 4.46. The van der Waals surface area contributed by atoms with E-state index in [-0.39, 0.29) is 22.8 Å². The van der Waals surface area contributed by atoms with Crippen LogP contribution in [0.15, 0.2) is 23.1 Å². The van der Waals surface area contributed by atoms with Gasteiger partial charge in [0.05, 0.1) is 18.1 Å². The van der Waals surface area contributed by atoms with E-state index in [0.717, 1.165) is 19.3 Å². The predicted molar refractivity (Wildman–Crippen MR) is 78.8 cm³/mol. The first kappa shape index (κ1) is 17.5. The van der Waals surface area contributed by atoms with Crippen LogP contribution in [0.1, 0.15) is 43.5 Å². The third kappa shape index (κ3) is 5.35. The standard InChI is InChI=1S/C14H21NO5S/c1-3-5-6-9-20-14(16)12-10-11(21(15,17)18)7-8-13(12)19-4-2/h7-8,10H,3-6,9H2,1-2H3,(H2,15,17,18). The van der Waals surface area contributed by atoms with Crippen LogP contribution in [0.3, 0.4) is 0 Å². The fourth-order valence-corrected chi connectivity index (χ4v) is 2.26. The third-order valence-corrected chi connectivity index (χ3v) is 3.69. The summed E-state index contributed by atoms with van der Waals surface area (Å²) in [5.41, 5.74) is 0.0693. The van der Waals surface area contributed by atoms with Gasteiger partial charge in [-0.05, 0) is 31.5 Å². The topological polar surface area (TPSA) is 95.7 Å². The zero-order chi connectivity index (χ0) is 15.9. The number of carbonyl (C=O) groups excluding carboxylic acids is 1. The molecule has 0 unspecified atom stereocenters. The summed E-state index contributed by atoms with van der Waals surface area (Å²) in [6.07, 6.45) is 2.74. The van der Waals surface area contributed by atoms with Gasteiger partial charge in [-0.3, -0.25) is 0 Å². The number of hydrogen-bond acceptors (Lipinski definition) is 5. The average molecular weight is 315 g/mol. The Morgan fingerprint density at radius 3 is 2.52 bits per heavy atom. The fourth-order valence-electron chi connectivity index (χ4n) is 1.72. The van der Waals surface area contributed by atoms with Gasteiger partial charge in [0.25, 0.3) is 0 Å². The van der Waals surface area contributed by atoms with E-state index in [2.05, 4.69) is 0 Å². The van der Waals surface area contributed by atoms with Crippen LogP contribution >= 0.6 is 0 Å². The number of nitrogens with two attached hydrogens (primary N) is 1. The predicted octanol–water partition coefficient (Wildman–Crippen LogP) is 2.08. The van der Waals surface area contributed by atoms with Crippen molar-refractivity contribution in [3.63, 3.8) is 0 Å². The molecule has 0 heterocycles. The summed E-state index contributed by atoms with van der Waals surface area (Å²) >= 11 is 0. The van der Waals surface area contributed by atoms with Crippen LogP contribution in [-0.4, -0.2) is 27.6 Å². The molecule has 0 bridgehead atoms. The van der Waals surface area contributed by atoms with E-state index in [0.29, 0.717) is 6.61 Å². The molecule has 0 aliphatic carbocycles. The average Bonchev–Trinajstić information content (AvgIpc) is 2.43. The van der Waals surface area contributed by atoms with Gasteiger partial charge in [0.1, 0.15) is 11.3 Å². The quantitative estimate of drug-likeness (QED) is 0.585. The van der Waals surface area contributed by atoms with Gasteiger partial charge < -0.3 is 9.47 Å². The van der Waals surface area contributed by atoms with Crippen LogP contribution in [0, 0.1) is 0 Å². The highest BCUT2D eigenvalue weighted by molar-refractivity contribution is 7.89. The van der Waals surface area contributed by atoms with Crippen molar-refractivity contribution in [2.75, 3.05) is 13.2 Å². The first-order valence-electron chi connectivity index (χ1n) is 6.87. The molecule has 0 spiro atoms. The lowest BCUT2D eigenvalue weighted by atomic mass is 10.2. The Balaban J connectivity index is 2.97. The summed E-state index contributed by atoms with van der Waals surface area (Å²) in [5.74, 6) is -0.328. The number of ether oxygens (including phenoxy) is 2. The maximum atomic E-state index is 12.0. The first-order chi connectivity index (χ1) is 9.90. The summed E-state index contributed by atoms with van der Waals surface area (Å²) < 4.78 is 33.2. The van der Waals surface area contributed by atoms with Gasteiger partial charge in [-0.2, -0.15) is 0 Å². The molecule has 0 aliphatic rings. The second-order valence-corrected chi connectivity index (χ2v) is 6.04. The molecule has 21 heavy (non-hydrogen) atoms. The van der Waals surface area contributed by atoms with Crippen LogP contribution in [0.4, 0.5) is 0 Å². The smallest absolute Gasteiger partial charge is 0.341 e. The summed E-state index contributed by atoms with van der Waals surface area (Å²) in [7, 11) is -3.88. The highest BCUT2D eigenvalue weighted by atomic mass is 32.2. The minimum absolute atomic E-state index is 0.0693. The Kier molecular flexibility index (Phi) is 6.64. The summed E-state index contributed by atoms with van der Waals surface area (Å²) in [4.78, 5) is 11.9. The van der Waals surface area contributed by atoms with Crippen molar-refractivity contribution in [2.45, 2.75) is 38.0 Å². The van der Waals surface area contributed by atoms with Gasteiger partial charge in [0, 0.05) is 0 Å². The van der Waals surface area contributed by atoms with Gasteiger partial charge in [0.2, 0.25) is 10.0 Å². The molecule has 1 aromatic rings. The van der Waals surface area contributed by atoms with Gasteiger partial charge in [-0.15, -0.1) is 0 Å². The second kappa shape index (κ2) is 7.99. The van der Waals surface area contributed by atoms with Crippen LogP contribution in [0.2, 0.25) is 0 Å². The summed E-state index contributed by atoms with van der Waals surface area (Å²) in [6, 6.07) is 3.89. The van der Waals surface area contributed by atoms with E-state index in [1.807, 2.05) is 6.92 Å². The molecule has 0 amide bonds. The number of carbonyl (C=O) groups is 1. The zero-order valence-electron chi connectivity index (χ0n) is 12.3. The third-order valence-electron chi connectivity index (χ3n) is 2.78. The number of unbranched alkanes of at least 4 members (excludes halogenated alkanes) is 2. The van der Waals surface area contributed by atoms with E-state index < -0.39 is 16.0 Å². The molecule has 7 heteroatoms. The Bertz CT molecular complexity index is 583.